The number of carbonyl (C=O) groups excluding carboxylic acids is 3. The highest BCUT2D eigenvalue weighted by Crippen LogP contribution is 2.14. The van der Waals surface area contributed by atoms with Gasteiger partial charge in [0.15, 0.2) is 6.10 Å². The number of aliphatic carboxylic acids is 1. The van der Waals surface area contributed by atoms with E-state index in [1.54, 1.807) is 21.1 Å². The number of unbranched alkanes of at least 4 members (excludes halogenated alkanes) is 16. The van der Waals surface area contributed by atoms with Crippen LogP contribution in [0.15, 0.2) is 48.6 Å². The van der Waals surface area contributed by atoms with Crippen molar-refractivity contribution in [2.75, 3.05) is 41.0 Å². The zero-order chi connectivity index (χ0) is 40.0. The van der Waals surface area contributed by atoms with Crippen molar-refractivity contribution in [3.05, 3.63) is 48.6 Å². The Kier molecular flexibility index (Phi) is 35.4. The topological polar surface area (TPSA) is 102 Å². The first kappa shape index (κ1) is 51.3. The largest absolute Gasteiger partial charge is 0.544 e. The summed E-state index contributed by atoms with van der Waals surface area (Å²) in [4.78, 5) is 36.6. The van der Waals surface area contributed by atoms with Crippen LogP contribution in [0.2, 0.25) is 0 Å². The number of carboxylic acids is 1. The number of likely N-dealkylation sites (N-methyl/N-ethyl adjacent to an activating group) is 1. The fourth-order valence-corrected chi connectivity index (χ4v) is 6.12. The fourth-order valence-electron chi connectivity index (χ4n) is 6.12. The molecule has 0 aromatic rings. The molecule has 8 nitrogen and oxygen atoms in total. The second kappa shape index (κ2) is 37.2. The number of nitrogens with zero attached hydrogens (tertiary/aromatic N) is 1. The van der Waals surface area contributed by atoms with Crippen molar-refractivity contribution in [3.8, 4) is 0 Å². The van der Waals surface area contributed by atoms with Crippen molar-refractivity contribution in [1.82, 2.24) is 0 Å². The maximum atomic E-state index is 12.6. The van der Waals surface area contributed by atoms with Crippen LogP contribution in [-0.4, -0.2) is 75.5 Å². The number of rotatable bonds is 38. The highest BCUT2D eigenvalue weighted by Gasteiger charge is 2.25. The predicted octanol–water partition coefficient (Wildman–Crippen LogP) is 10.3. The Bertz CT molecular complexity index is 1030. The molecule has 0 heterocycles. The summed E-state index contributed by atoms with van der Waals surface area (Å²) in [7, 11) is 5.39. The summed E-state index contributed by atoms with van der Waals surface area (Å²) < 4.78 is 17.1. The van der Waals surface area contributed by atoms with Gasteiger partial charge in [-0.3, -0.25) is 9.59 Å². The van der Waals surface area contributed by atoms with E-state index in [1.807, 2.05) is 0 Å². The summed E-state index contributed by atoms with van der Waals surface area (Å²) in [6, 6.07) is -0.724. The lowest BCUT2D eigenvalue weighted by molar-refractivity contribution is -0.889. The Morgan fingerprint density at radius 3 is 1.54 bits per heavy atom. The molecule has 0 aliphatic carbocycles. The summed E-state index contributed by atoms with van der Waals surface area (Å²) in [5.41, 5.74) is 0. The second-order valence-electron chi connectivity index (χ2n) is 15.6. The number of quaternary nitrogens is 1. The first-order chi connectivity index (χ1) is 26.1. The van der Waals surface area contributed by atoms with E-state index in [4.69, 9.17) is 14.2 Å². The number of carbonyl (C=O) groups is 3. The summed E-state index contributed by atoms with van der Waals surface area (Å²) in [6.45, 7) is 4.49. The molecule has 8 heteroatoms. The molecular weight excluding hydrogens is 679 g/mol. The van der Waals surface area contributed by atoms with Gasteiger partial charge in [0, 0.05) is 19.3 Å². The van der Waals surface area contributed by atoms with Crippen LogP contribution in [0.25, 0.3) is 0 Å². The van der Waals surface area contributed by atoms with Crippen molar-refractivity contribution < 1.29 is 38.2 Å². The van der Waals surface area contributed by atoms with E-state index < -0.39 is 18.1 Å². The Morgan fingerprint density at radius 2 is 1.04 bits per heavy atom. The van der Waals surface area contributed by atoms with Crippen LogP contribution in [-0.2, 0) is 28.6 Å². The summed E-state index contributed by atoms with van der Waals surface area (Å²) >= 11 is 0. The molecule has 0 saturated heterocycles. The van der Waals surface area contributed by atoms with Gasteiger partial charge >= 0.3 is 11.9 Å². The van der Waals surface area contributed by atoms with Crippen LogP contribution in [0.4, 0.5) is 0 Å². The van der Waals surface area contributed by atoms with E-state index in [2.05, 4.69) is 62.5 Å². The van der Waals surface area contributed by atoms with Crippen molar-refractivity contribution in [3.63, 3.8) is 0 Å². The van der Waals surface area contributed by atoms with Crippen LogP contribution in [0, 0.1) is 0 Å². The molecule has 0 saturated carbocycles. The molecule has 0 aliphatic heterocycles. The monoisotopic (exact) mass is 760 g/mol. The standard InChI is InChI=1S/C46H81NO7/c1-6-8-10-12-14-15-16-17-18-19-20-21-22-23-24-25-26-27-28-29-31-32-34-36-44(48)53-41-42(40-52-39-38-43(46(50)51)47(3,4)5)54-45(49)37-35-33-30-13-11-9-7-2/h8,10,14-15,17-18,20-21,42-43H,6-7,9,11-13,16,19,22-41H2,1-5H3/b10-8+,15-14+,18-17+,21-20+. The molecule has 0 rings (SSSR count). The Labute approximate surface area is 331 Å². The van der Waals surface area contributed by atoms with E-state index in [0.29, 0.717) is 12.8 Å². The van der Waals surface area contributed by atoms with Gasteiger partial charge in [-0.1, -0.05) is 152 Å². The van der Waals surface area contributed by atoms with Crippen LogP contribution in [0.3, 0.4) is 0 Å². The van der Waals surface area contributed by atoms with Crippen molar-refractivity contribution in [2.24, 2.45) is 0 Å². The average molecular weight is 760 g/mol. The number of hydrogen-bond acceptors (Lipinski definition) is 7. The van der Waals surface area contributed by atoms with E-state index in [9.17, 15) is 19.5 Å². The van der Waals surface area contributed by atoms with Gasteiger partial charge in [0.1, 0.15) is 12.6 Å². The lowest BCUT2D eigenvalue weighted by Gasteiger charge is -2.34. The van der Waals surface area contributed by atoms with Gasteiger partial charge in [0.05, 0.1) is 40.3 Å². The molecule has 0 amide bonds. The van der Waals surface area contributed by atoms with Crippen molar-refractivity contribution >= 4 is 17.9 Å². The third kappa shape index (κ3) is 35.0. The van der Waals surface area contributed by atoms with Gasteiger partial charge in [-0.05, 0) is 51.4 Å². The van der Waals surface area contributed by atoms with Crippen LogP contribution >= 0.6 is 0 Å². The third-order valence-corrected chi connectivity index (χ3v) is 9.48. The zero-order valence-corrected chi connectivity index (χ0v) is 35.4. The lowest BCUT2D eigenvalue weighted by atomic mass is 10.1. The smallest absolute Gasteiger partial charge is 0.306 e. The molecule has 0 aromatic carbocycles. The summed E-state index contributed by atoms with van der Waals surface area (Å²) in [5.74, 6) is -1.75. The van der Waals surface area contributed by atoms with E-state index in [-0.39, 0.29) is 42.7 Å². The van der Waals surface area contributed by atoms with Crippen LogP contribution < -0.4 is 5.11 Å². The van der Waals surface area contributed by atoms with E-state index >= 15 is 0 Å². The molecule has 54 heavy (non-hydrogen) atoms. The number of carboxylic acid groups (broad SMARTS) is 1. The molecule has 2 atom stereocenters. The molecule has 0 aromatic heterocycles. The molecular formula is C46H81NO7. The SMILES string of the molecule is CC/C=C/C/C=C/C/C=C/C/C=C/CCCCCCCCCCCCC(=O)OCC(COCCC(C(=O)[O-])[N+](C)(C)C)OC(=O)CCCCCCCCC. The van der Waals surface area contributed by atoms with Gasteiger partial charge < -0.3 is 28.6 Å². The second-order valence-corrected chi connectivity index (χ2v) is 15.6. The van der Waals surface area contributed by atoms with Crippen LogP contribution in [0.1, 0.15) is 174 Å². The third-order valence-electron chi connectivity index (χ3n) is 9.48. The number of allylic oxidation sites excluding steroid dienone is 8. The van der Waals surface area contributed by atoms with Gasteiger partial charge in [-0.25, -0.2) is 0 Å². The zero-order valence-electron chi connectivity index (χ0n) is 35.4. The van der Waals surface area contributed by atoms with Gasteiger partial charge in [-0.15, -0.1) is 0 Å². The van der Waals surface area contributed by atoms with Gasteiger partial charge in [0.2, 0.25) is 0 Å². The predicted molar refractivity (Wildman–Crippen MR) is 222 cm³/mol. The normalized spacial score (nSPS) is 13.4. The minimum atomic E-state index is -1.13. The highest BCUT2D eigenvalue weighted by atomic mass is 16.6. The average Bonchev–Trinajstić information content (AvgIpc) is 3.12. The molecule has 312 valence electrons. The Hall–Kier alpha value is -2.71. The summed E-state index contributed by atoms with van der Waals surface area (Å²) in [6.07, 6.45) is 43.0. The molecule has 0 aliphatic rings. The minimum Gasteiger partial charge on any atom is -0.544 e. The van der Waals surface area contributed by atoms with Crippen LogP contribution in [0.5, 0.6) is 0 Å². The van der Waals surface area contributed by atoms with E-state index in [1.165, 1.54) is 77.0 Å². The Balaban J connectivity index is 4.14. The van der Waals surface area contributed by atoms with E-state index in [0.717, 1.165) is 64.2 Å². The maximum Gasteiger partial charge on any atom is 0.306 e. The quantitative estimate of drug-likeness (QED) is 0.0267. The maximum absolute atomic E-state index is 12.6. The highest BCUT2D eigenvalue weighted by molar-refractivity contribution is 5.70. The molecule has 0 fully saturated rings. The number of hydrogen-bond donors (Lipinski definition) is 0. The molecule has 0 N–H and O–H groups in total. The van der Waals surface area contributed by atoms with Gasteiger partial charge in [0.25, 0.3) is 0 Å². The molecule has 0 bridgehead atoms. The first-order valence-corrected chi connectivity index (χ1v) is 21.7. The lowest BCUT2D eigenvalue weighted by Crippen LogP contribution is -2.55. The fraction of sp³-hybridized carbons (Fsp3) is 0.761. The summed E-state index contributed by atoms with van der Waals surface area (Å²) in [5, 5.41) is 11.6. The molecule has 2 unspecified atom stereocenters. The minimum absolute atomic E-state index is 0.0399. The molecule has 0 spiro atoms. The number of esters is 2. The first-order valence-electron chi connectivity index (χ1n) is 21.7. The molecule has 0 radical (unpaired) electrons. The van der Waals surface area contributed by atoms with Crippen molar-refractivity contribution in [2.45, 2.75) is 187 Å². The Morgan fingerprint density at radius 1 is 0.574 bits per heavy atom. The van der Waals surface area contributed by atoms with Gasteiger partial charge in [-0.2, -0.15) is 0 Å². The van der Waals surface area contributed by atoms with Crippen molar-refractivity contribution in [1.29, 1.82) is 0 Å². The number of ether oxygens (including phenoxy) is 3.